The maximum absolute atomic E-state index is 11.4. The molecule has 1 unspecified atom stereocenters. The Balaban J connectivity index is 2.68. The highest BCUT2D eigenvalue weighted by atomic mass is 79.9. The van der Waals surface area contributed by atoms with Gasteiger partial charge in [-0.3, -0.25) is 11.3 Å². The molecule has 0 amide bonds. The second-order valence-corrected chi connectivity index (χ2v) is 8.03. The van der Waals surface area contributed by atoms with Crippen LogP contribution in [-0.2, 0) is 9.84 Å². The van der Waals surface area contributed by atoms with Crippen molar-refractivity contribution in [3.8, 4) is 0 Å². The third-order valence-electron chi connectivity index (χ3n) is 2.93. The smallest absolute Gasteiger partial charge is 0.150 e. The molecule has 0 spiro atoms. The van der Waals surface area contributed by atoms with Gasteiger partial charge in [0.1, 0.15) is 9.84 Å². The van der Waals surface area contributed by atoms with Crippen LogP contribution >= 0.6 is 27.5 Å². The van der Waals surface area contributed by atoms with Gasteiger partial charge in [-0.05, 0) is 30.5 Å². The van der Waals surface area contributed by atoms with E-state index >= 15 is 0 Å². The number of nitrogens with two attached hydrogens (primary N) is 1. The molecule has 0 aliphatic heterocycles. The molecule has 0 saturated carbocycles. The first-order chi connectivity index (χ1) is 8.89. The first kappa shape index (κ1) is 16.9. The summed E-state index contributed by atoms with van der Waals surface area (Å²) in [7, 11) is -2.92. The van der Waals surface area contributed by atoms with E-state index in [4.69, 9.17) is 17.4 Å². The zero-order valence-corrected chi connectivity index (χ0v) is 13.9. The Kier molecular flexibility index (Phi) is 6.76. The molecule has 0 aliphatic carbocycles. The SMILES string of the molecule is CCS(=O)(=O)CCCC(NN)c1ccc(Cl)cc1Br. The number of hydrazine groups is 1. The lowest BCUT2D eigenvalue weighted by Gasteiger charge is -2.18. The highest BCUT2D eigenvalue weighted by Crippen LogP contribution is 2.28. The lowest BCUT2D eigenvalue weighted by Crippen LogP contribution is -2.28. The minimum atomic E-state index is -2.92. The van der Waals surface area contributed by atoms with Crippen LogP contribution in [0, 0.1) is 0 Å². The van der Waals surface area contributed by atoms with Crippen molar-refractivity contribution in [3.63, 3.8) is 0 Å². The Hall–Kier alpha value is -0.140. The molecule has 0 aliphatic rings. The quantitative estimate of drug-likeness (QED) is 0.572. The van der Waals surface area contributed by atoms with Gasteiger partial charge < -0.3 is 0 Å². The summed E-state index contributed by atoms with van der Waals surface area (Å²) in [6.07, 6.45) is 1.22. The van der Waals surface area contributed by atoms with Crippen LogP contribution in [0.4, 0.5) is 0 Å². The third kappa shape index (κ3) is 5.39. The van der Waals surface area contributed by atoms with Crippen molar-refractivity contribution in [2.75, 3.05) is 11.5 Å². The molecule has 0 saturated heterocycles. The molecule has 1 aromatic carbocycles. The largest absolute Gasteiger partial charge is 0.271 e. The predicted molar refractivity (Wildman–Crippen MR) is 82.8 cm³/mol. The minimum absolute atomic E-state index is 0.0984. The van der Waals surface area contributed by atoms with Crippen LogP contribution in [0.1, 0.15) is 31.4 Å². The van der Waals surface area contributed by atoms with Crippen LogP contribution in [-0.4, -0.2) is 19.9 Å². The van der Waals surface area contributed by atoms with Gasteiger partial charge in [-0.15, -0.1) is 0 Å². The molecule has 108 valence electrons. The van der Waals surface area contributed by atoms with E-state index in [2.05, 4.69) is 21.4 Å². The molecular formula is C12H18BrClN2O2S. The van der Waals surface area contributed by atoms with Crippen LogP contribution in [0.3, 0.4) is 0 Å². The lowest BCUT2D eigenvalue weighted by molar-refractivity contribution is 0.505. The Bertz CT molecular complexity index is 522. The number of nitrogens with one attached hydrogen (secondary N) is 1. The number of sulfone groups is 1. The van der Waals surface area contributed by atoms with E-state index in [1.54, 1.807) is 19.1 Å². The molecule has 3 N–H and O–H groups in total. The molecule has 0 fully saturated rings. The molecule has 0 bridgehead atoms. The highest BCUT2D eigenvalue weighted by Gasteiger charge is 2.15. The topological polar surface area (TPSA) is 72.2 Å². The molecule has 4 nitrogen and oxygen atoms in total. The number of hydrogen-bond acceptors (Lipinski definition) is 4. The Morgan fingerprint density at radius 1 is 1.47 bits per heavy atom. The van der Waals surface area contributed by atoms with E-state index in [1.807, 2.05) is 6.07 Å². The van der Waals surface area contributed by atoms with Crippen molar-refractivity contribution < 1.29 is 8.42 Å². The minimum Gasteiger partial charge on any atom is -0.271 e. The van der Waals surface area contributed by atoms with E-state index in [0.29, 0.717) is 17.9 Å². The molecule has 1 atom stereocenters. The monoisotopic (exact) mass is 368 g/mol. The average molecular weight is 370 g/mol. The fourth-order valence-electron chi connectivity index (χ4n) is 1.76. The fraction of sp³-hybridized carbons (Fsp3) is 0.500. The molecule has 1 rings (SSSR count). The van der Waals surface area contributed by atoms with Crippen molar-refractivity contribution in [1.82, 2.24) is 5.43 Å². The maximum Gasteiger partial charge on any atom is 0.150 e. The van der Waals surface area contributed by atoms with Gasteiger partial charge in [-0.2, -0.15) is 0 Å². The molecule has 0 radical (unpaired) electrons. The van der Waals surface area contributed by atoms with E-state index in [9.17, 15) is 8.42 Å². The standard InChI is InChI=1S/C12H18BrClN2O2S/c1-2-19(17,18)7-3-4-12(16-15)10-6-5-9(14)8-11(10)13/h5-6,8,12,16H,2-4,7,15H2,1H3. The zero-order chi connectivity index (χ0) is 14.5. The summed E-state index contributed by atoms with van der Waals surface area (Å²) in [6, 6.07) is 5.36. The summed E-state index contributed by atoms with van der Waals surface area (Å²) in [4.78, 5) is 0. The first-order valence-corrected chi connectivity index (χ1v) is 9.00. The Morgan fingerprint density at radius 2 is 2.16 bits per heavy atom. The molecule has 1 aromatic rings. The molecule has 0 aromatic heterocycles. The van der Waals surface area contributed by atoms with Gasteiger partial charge in [0, 0.05) is 21.3 Å². The van der Waals surface area contributed by atoms with Gasteiger partial charge in [0.15, 0.2) is 0 Å². The van der Waals surface area contributed by atoms with Gasteiger partial charge in [-0.25, -0.2) is 8.42 Å². The van der Waals surface area contributed by atoms with E-state index < -0.39 is 9.84 Å². The maximum atomic E-state index is 11.4. The molecule has 19 heavy (non-hydrogen) atoms. The number of benzene rings is 1. The fourth-order valence-corrected chi connectivity index (χ4v) is 3.62. The van der Waals surface area contributed by atoms with E-state index in [0.717, 1.165) is 10.0 Å². The second kappa shape index (κ2) is 7.59. The molecule has 0 heterocycles. The van der Waals surface area contributed by atoms with Gasteiger partial charge >= 0.3 is 0 Å². The third-order valence-corrected chi connectivity index (χ3v) is 5.64. The van der Waals surface area contributed by atoms with Crippen molar-refractivity contribution in [3.05, 3.63) is 33.3 Å². The normalized spacial score (nSPS) is 13.5. The summed E-state index contributed by atoms with van der Waals surface area (Å²) in [5.41, 5.74) is 3.69. The van der Waals surface area contributed by atoms with Crippen LogP contribution in [0.15, 0.2) is 22.7 Å². The van der Waals surface area contributed by atoms with Gasteiger partial charge in [0.05, 0.1) is 5.75 Å². The van der Waals surface area contributed by atoms with Crippen LogP contribution in [0.5, 0.6) is 0 Å². The van der Waals surface area contributed by atoms with E-state index in [-0.39, 0.29) is 17.5 Å². The Morgan fingerprint density at radius 3 is 2.68 bits per heavy atom. The van der Waals surface area contributed by atoms with Gasteiger partial charge in [0.25, 0.3) is 0 Å². The predicted octanol–water partition coefficient (Wildman–Crippen LogP) is 2.82. The van der Waals surface area contributed by atoms with Crippen LogP contribution in [0.25, 0.3) is 0 Å². The van der Waals surface area contributed by atoms with Crippen molar-refractivity contribution >= 4 is 37.4 Å². The number of halogens is 2. The highest BCUT2D eigenvalue weighted by molar-refractivity contribution is 9.10. The molecule has 7 heteroatoms. The van der Waals surface area contributed by atoms with Crippen molar-refractivity contribution in [2.45, 2.75) is 25.8 Å². The van der Waals surface area contributed by atoms with E-state index in [1.165, 1.54) is 0 Å². The van der Waals surface area contributed by atoms with Crippen LogP contribution in [0.2, 0.25) is 5.02 Å². The first-order valence-electron chi connectivity index (χ1n) is 6.01. The van der Waals surface area contributed by atoms with Crippen molar-refractivity contribution in [1.29, 1.82) is 0 Å². The summed E-state index contributed by atoms with van der Waals surface area (Å²) in [5.74, 6) is 5.91. The number of rotatable bonds is 7. The lowest BCUT2D eigenvalue weighted by atomic mass is 10.0. The summed E-state index contributed by atoms with van der Waals surface area (Å²) in [6.45, 7) is 1.66. The molecular weight excluding hydrogens is 352 g/mol. The summed E-state index contributed by atoms with van der Waals surface area (Å²) < 4.78 is 23.7. The second-order valence-electron chi connectivity index (χ2n) is 4.26. The summed E-state index contributed by atoms with van der Waals surface area (Å²) >= 11 is 9.32. The zero-order valence-electron chi connectivity index (χ0n) is 10.7. The van der Waals surface area contributed by atoms with Gasteiger partial charge in [-0.1, -0.05) is 40.5 Å². The average Bonchev–Trinajstić information content (AvgIpc) is 2.36. The summed E-state index contributed by atoms with van der Waals surface area (Å²) in [5, 5.41) is 0.639. The number of hydrogen-bond donors (Lipinski definition) is 2. The Labute approximate surface area is 127 Å². The van der Waals surface area contributed by atoms with Crippen LogP contribution < -0.4 is 11.3 Å². The van der Waals surface area contributed by atoms with Gasteiger partial charge in [0.2, 0.25) is 0 Å². The van der Waals surface area contributed by atoms with Crippen molar-refractivity contribution in [2.24, 2.45) is 5.84 Å².